The van der Waals surface area contributed by atoms with Crippen LogP contribution in [0.2, 0.25) is 0 Å². The third-order valence-electron chi connectivity index (χ3n) is 7.44. The molecule has 1 unspecified atom stereocenters. The maximum Gasteiger partial charge on any atom is 0.472 e. The Labute approximate surface area is 274 Å². The molecule has 0 spiro atoms. The highest BCUT2D eigenvalue weighted by Gasteiger charge is 2.25. The van der Waals surface area contributed by atoms with Crippen LogP contribution in [0.5, 0.6) is 0 Å². The van der Waals surface area contributed by atoms with Gasteiger partial charge in [-0.2, -0.15) is 0 Å². The van der Waals surface area contributed by atoms with E-state index in [4.69, 9.17) is 24.3 Å². The molecule has 0 aliphatic rings. The Bertz CT molecular complexity index is 805. The summed E-state index contributed by atoms with van der Waals surface area (Å²) in [5.74, 6) is -1.08. The van der Waals surface area contributed by atoms with Crippen molar-refractivity contribution >= 4 is 19.8 Å². The van der Waals surface area contributed by atoms with Gasteiger partial charge in [0.15, 0.2) is 6.10 Å². The van der Waals surface area contributed by atoms with Crippen molar-refractivity contribution in [2.24, 2.45) is 5.73 Å². The van der Waals surface area contributed by atoms with E-state index in [0.717, 1.165) is 32.1 Å². The van der Waals surface area contributed by atoms with Gasteiger partial charge < -0.3 is 20.1 Å². The topological polar surface area (TPSA) is 134 Å². The molecule has 0 fully saturated rings. The Morgan fingerprint density at radius 2 is 1.22 bits per heavy atom. The number of phosphoric acid groups is 1. The Hall–Kier alpha value is -1.51. The minimum atomic E-state index is -4.38. The number of ether oxygens (including phenoxy) is 2. The molecule has 0 aromatic rings. The minimum absolute atomic E-state index is 0.0444. The lowest BCUT2D eigenvalue weighted by Crippen LogP contribution is -2.29. The smallest absolute Gasteiger partial charge is 0.458 e. The molecule has 0 aliphatic heterocycles. The van der Waals surface area contributed by atoms with E-state index in [1.807, 2.05) is 12.2 Å². The number of nitrogens with two attached hydrogens (primary N) is 1. The van der Waals surface area contributed by atoms with Gasteiger partial charge in [-0.25, -0.2) is 9.36 Å². The second-order valence-corrected chi connectivity index (χ2v) is 13.3. The number of rotatable bonds is 33. The van der Waals surface area contributed by atoms with E-state index in [1.54, 1.807) is 6.08 Å². The summed E-state index contributed by atoms with van der Waals surface area (Å²) >= 11 is 0. The molecular weight excluding hydrogens is 593 g/mol. The lowest BCUT2D eigenvalue weighted by molar-refractivity contribution is -0.159. The van der Waals surface area contributed by atoms with Crippen LogP contribution < -0.4 is 5.73 Å². The average molecular weight is 660 g/mol. The van der Waals surface area contributed by atoms with E-state index in [2.05, 4.69) is 13.8 Å². The van der Waals surface area contributed by atoms with Crippen LogP contribution in [0.3, 0.4) is 0 Å². The van der Waals surface area contributed by atoms with Gasteiger partial charge >= 0.3 is 19.8 Å². The zero-order valence-electron chi connectivity index (χ0n) is 28.6. The number of hydrogen-bond donors (Lipinski definition) is 2. The molecule has 10 heteroatoms. The lowest BCUT2D eigenvalue weighted by Gasteiger charge is -2.19. The summed E-state index contributed by atoms with van der Waals surface area (Å²) in [5, 5.41) is 0. The fourth-order valence-electron chi connectivity index (χ4n) is 4.78. The maximum absolute atomic E-state index is 12.4. The van der Waals surface area contributed by atoms with Gasteiger partial charge in [0.1, 0.15) is 6.61 Å². The van der Waals surface area contributed by atoms with Gasteiger partial charge in [0.2, 0.25) is 0 Å². The first-order chi connectivity index (χ1) is 21.8. The van der Waals surface area contributed by atoms with Gasteiger partial charge in [-0.3, -0.25) is 13.8 Å². The minimum Gasteiger partial charge on any atom is -0.458 e. The van der Waals surface area contributed by atoms with Crippen molar-refractivity contribution < 1.29 is 37.6 Å². The number of unbranched alkanes of at least 4 members (excludes halogenated alkanes) is 19. The van der Waals surface area contributed by atoms with Crippen LogP contribution in [0, 0.1) is 0 Å². The van der Waals surface area contributed by atoms with Crippen LogP contribution in [-0.2, 0) is 32.7 Å². The number of esters is 2. The van der Waals surface area contributed by atoms with Crippen LogP contribution >= 0.6 is 7.82 Å². The zero-order chi connectivity index (χ0) is 33.3. The van der Waals surface area contributed by atoms with Crippen molar-refractivity contribution in [3.8, 4) is 0 Å². The molecular formula is C35H66NO8P. The van der Waals surface area contributed by atoms with E-state index < -0.39 is 32.5 Å². The fourth-order valence-corrected chi connectivity index (χ4v) is 5.55. The summed E-state index contributed by atoms with van der Waals surface area (Å²) in [6.07, 6.45) is 31.4. The molecule has 0 aromatic carbocycles. The SMILES string of the molecule is CCCCCCCCCCCCC/C=C/C=C/C(=O)OC[C@@H](COP(=O)(O)OCCN)OC(=O)CCCCCCCCCCC. The first-order valence-electron chi connectivity index (χ1n) is 17.9. The Balaban J connectivity index is 4.34. The van der Waals surface area contributed by atoms with Crippen LogP contribution in [0.1, 0.15) is 155 Å². The van der Waals surface area contributed by atoms with Gasteiger partial charge in [0, 0.05) is 19.0 Å². The molecule has 2 atom stereocenters. The van der Waals surface area contributed by atoms with Crippen molar-refractivity contribution in [3.05, 3.63) is 24.3 Å². The standard InChI is InChI=1S/C35H66NO8P/c1-3-5-7-9-11-13-14-15-16-17-18-20-21-23-25-27-34(37)41-31-33(32-43-45(39,40)42-30-29-36)44-35(38)28-26-24-22-19-12-10-8-6-4-2/h21,23,25,27,33H,3-20,22,24,26,28-32,36H2,1-2H3,(H,39,40)/b23-21+,27-25+/t33-/m0/s1. The second-order valence-electron chi connectivity index (χ2n) is 11.8. The molecule has 9 nitrogen and oxygen atoms in total. The van der Waals surface area contributed by atoms with E-state index in [1.165, 1.54) is 102 Å². The van der Waals surface area contributed by atoms with Crippen molar-refractivity contribution in [1.82, 2.24) is 0 Å². The summed E-state index contributed by atoms with van der Waals surface area (Å²) < 4.78 is 32.3. The average Bonchev–Trinajstić information content (AvgIpc) is 3.02. The molecule has 0 aliphatic carbocycles. The molecule has 0 amide bonds. The largest absolute Gasteiger partial charge is 0.472 e. The van der Waals surface area contributed by atoms with Gasteiger partial charge in [-0.1, -0.05) is 148 Å². The normalized spacial score (nSPS) is 13.8. The molecule has 0 heterocycles. The van der Waals surface area contributed by atoms with Gasteiger partial charge in [-0.15, -0.1) is 0 Å². The maximum atomic E-state index is 12.4. The second kappa shape index (κ2) is 32.4. The van der Waals surface area contributed by atoms with Gasteiger partial charge in [-0.05, 0) is 19.3 Å². The monoisotopic (exact) mass is 659 g/mol. The number of carbonyl (C=O) groups is 2. The highest BCUT2D eigenvalue weighted by molar-refractivity contribution is 7.47. The summed E-state index contributed by atoms with van der Waals surface area (Å²) in [4.78, 5) is 34.4. The molecule has 0 rings (SSSR count). The predicted molar refractivity (Wildman–Crippen MR) is 183 cm³/mol. The zero-order valence-corrected chi connectivity index (χ0v) is 29.5. The van der Waals surface area contributed by atoms with Crippen molar-refractivity contribution in [3.63, 3.8) is 0 Å². The molecule has 0 radical (unpaired) electrons. The molecule has 3 N–H and O–H groups in total. The van der Waals surface area contributed by atoms with Crippen molar-refractivity contribution in [1.29, 1.82) is 0 Å². The highest BCUT2D eigenvalue weighted by atomic mass is 31.2. The molecule has 0 saturated carbocycles. The quantitative estimate of drug-likeness (QED) is 0.0232. The number of phosphoric ester groups is 1. The highest BCUT2D eigenvalue weighted by Crippen LogP contribution is 2.43. The third-order valence-corrected chi connectivity index (χ3v) is 8.43. The molecule has 0 aromatic heterocycles. The number of carbonyl (C=O) groups excluding carboxylic acids is 2. The van der Waals surface area contributed by atoms with Crippen LogP contribution in [0.15, 0.2) is 24.3 Å². The van der Waals surface area contributed by atoms with Crippen molar-refractivity contribution in [2.75, 3.05) is 26.4 Å². The Morgan fingerprint density at radius 1 is 0.711 bits per heavy atom. The third kappa shape index (κ3) is 32.2. The Kier molecular flexibility index (Phi) is 31.3. The molecule has 0 bridgehead atoms. The van der Waals surface area contributed by atoms with Crippen LogP contribution in [-0.4, -0.2) is 49.3 Å². The summed E-state index contributed by atoms with van der Waals surface area (Å²) in [6.45, 7) is 3.56. The van der Waals surface area contributed by atoms with Crippen LogP contribution in [0.25, 0.3) is 0 Å². The number of hydrogen-bond acceptors (Lipinski definition) is 8. The molecule has 264 valence electrons. The lowest BCUT2D eigenvalue weighted by atomic mass is 10.1. The van der Waals surface area contributed by atoms with Crippen LogP contribution in [0.4, 0.5) is 0 Å². The summed E-state index contributed by atoms with van der Waals surface area (Å²) in [6, 6.07) is 0. The predicted octanol–water partition coefficient (Wildman–Crippen LogP) is 9.27. The molecule has 45 heavy (non-hydrogen) atoms. The summed E-state index contributed by atoms with van der Waals surface area (Å²) in [5.41, 5.74) is 5.31. The Morgan fingerprint density at radius 3 is 1.76 bits per heavy atom. The van der Waals surface area contributed by atoms with Gasteiger partial charge in [0.05, 0.1) is 13.2 Å². The van der Waals surface area contributed by atoms with E-state index in [-0.39, 0.29) is 26.2 Å². The van der Waals surface area contributed by atoms with Gasteiger partial charge in [0.25, 0.3) is 0 Å². The first kappa shape index (κ1) is 43.5. The van der Waals surface area contributed by atoms with E-state index >= 15 is 0 Å². The first-order valence-corrected chi connectivity index (χ1v) is 19.4. The van der Waals surface area contributed by atoms with E-state index in [0.29, 0.717) is 6.42 Å². The fraction of sp³-hybridized carbons (Fsp3) is 0.829. The molecule has 0 saturated heterocycles. The number of allylic oxidation sites excluding steroid dienone is 3. The van der Waals surface area contributed by atoms with E-state index in [9.17, 15) is 19.0 Å². The summed E-state index contributed by atoms with van der Waals surface area (Å²) in [7, 11) is -4.38. The van der Waals surface area contributed by atoms with Crippen molar-refractivity contribution in [2.45, 2.75) is 161 Å².